The van der Waals surface area contributed by atoms with Crippen LogP contribution >= 0.6 is 0 Å². The Bertz CT molecular complexity index is 472. The Labute approximate surface area is 90.4 Å². The topological polar surface area (TPSA) is 20.2 Å². The van der Waals surface area contributed by atoms with Gasteiger partial charge in [-0.1, -0.05) is 50.2 Å². The van der Waals surface area contributed by atoms with Crippen LogP contribution in [0, 0.1) is 0 Å². The third-order valence-electron chi connectivity index (χ3n) is 2.84. The molecule has 0 fully saturated rings. The number of benzene rings is 2. The molecule has 78 valence electrons. The van der Waals surface area contributed by atoms with Crippen LogP contribution in [0.25, 0.3) is 10.8 Å². The molecule has 0 spiro atoms. The lowest BCUT2D eigenvalue weighted by Gasteiger charge is -2.12. The first-order valence-electron chi connectivity index (χ1n) is 5.35. The summed E-state index contributed by atoms with van der Waals surface area (Å²) in [4.78, 5) is 0. The molecular formula is C14H16O. The fraction of sp³-hybridized carbons (Fsp3) is 0.286. The average molecular weight is 200 g/mol. The predicted molar refractivity (Wildman–Crippen MR) is 64.0 cm³/mol. The van der Waals surface area contributed by atoms with Crippen LogP contribution < -0.4 is 0 Å². The van der Waals surface area contributed by atoms with E-state index in [9.17, 15) is 5.11 Å². The summed E-state index contributed by atoms with van der Waals surface area (Å²) in [5.41, 5.74) is 2.36. The largest absolute Gasteiger partial charge is 0.392 e. The molecule has 1 nitrogen and oxygen atoms in total. The van der Waals surface area contributed by atoms with Gasteiger partial charge in [-0.2, -0.15) is 0 Å². The predicted octanol–water partition coefficient (Wildman–Crippen LogP) is 3.46. The number of aliphatic hydroxyl groups is 1. The Hall–Kier alpha value is -1.34. The Morgan fingerprint density at radius 1 is 1.00 bits per heavy atom. The Morgan fingerprint density at radius 3 is 2.27 bits per heavy atom. The second-order valence-corrected chi connectivity index (χ2v) is 4.17. The van der Waals surface area contributed by atoms with Gasteiger partial charge >= 0.3 is 0 Å². The molecule has 2 rings (SSSR count). The van der Waals surface area contributed by atoms with Crippen LogP contribution in [0.15, 0.2) is 36.4 Å². The van der Waals surface area contributed by atoms with Crippen LogP contribution in [0.3, 0.4) is 0 Å². The average Bonchev–Trinajstić information content (AvgIpc) is 2.27. The van der Waals surface area contributed by atoms with Crippen LogP contribution in [0.1, 0.15) is 30.9 Å². The molecule has 15 heavy (non-hydrogen) atoms. The summed E-state index contributed by atoms with van der Waals surface area (Å²) in [6.07, 6.45) is 0. The van der Waals surface area contributed by atoms with Gasteiger partial charge in [0.15, 0.2) is 0 Å². The van der Waals surface area contributed by atoms with Crippen molar-refractivity contribution < 1.29 is 5.11 Å². The summed E-state index contributed by atoms with van der Waals surface area (Å²) >= 11 is 0. The van der Waals surface area contributed by atoms with Crippen molar-refractivity contribution in [2.24, 2.45) is 0 Å². The SMILES string of the molecule is CC(C)c1ccc(CO)c2ccccc12. The molecule has 0 saturated heterocycles. The summed E-state index contributed by atoms with van der Waals surface area (Å²) < 4.78 is 0. The number of hydrogen-bond donors (Lipinski definition) is 1. The van der Waals surface area contributed by atoms with Crippen molar-refractivity contribution in [2.75, 3.05) is 0 Å². The minimum absolute atomic E-state index is 0.110. The van der Waals surface area contributed by atoms with E-state index in [1.807, 2.05) is 12.1 Å². The zero-order valence-corrected chi connectivity index (χ0v) is 9.20. The lowest BCUT2D eigenvalue weighted by molar-refractivity contribution is 0.283. The van der Waals surface area contributed by atoms with E-state index in [4.69, 9.17) is 0 Å². The molecule has 1 N–H and O–H groups in total. The van der Waals surface area contributed by atoms with E-state index in [-0.39, 0.29) is 6.61 Å². The first-order chi connectivity index (χ1) is 7.24. The first-order valence-corrected chi connectivity index (χ1v) is 5.35. The molecule has 0 heterocycles. The van der Waals surface area contributed by atoms with E-state index in [0.717, 1.165) is 5.56 Å². The van der Waals surface area contributed by atoms with Crippen LogP contribution in [0.2, 0.25) is 0 Å². The summed E-state index contributed by atoms with van der Waals surface area (Å²) in [7, 11) is 0. The second kappa shape index (κ2) is 4.03. The van der Waals surface area contributed by atoms with Crippen LogP contribution in [0.5, 0.6) is 0 Å². The molecule has 2 aromatic carbocycles. The molecule has 0 atom stereocenters. The fourth-order valence-corrected chi connectivity index (χ4v) is 2.03. The maximum Gasteiger partial charge on any atom is 0.0687 e. The lowest BCUT2D eigenvalue weighted by Crippen LogP contribution is -1.93. The van der Waals surface area contributed by atoms with Crippen LogP contribution in [0.4, 0.5) is 0 Å². The van der Waals surface area contributed by atoms with Gasteiger partial charge in [0.25, 0.3) is 0 Å². The van der Waals surface area contributed by atoms with E-state index in [0.29, 0.717) is 5.92 Å². The Kier molecular flexibility index (Phi) is 2.74. The molecule has 0 aromatic heterocycles. The number of rotatable bonds is 2. The Balaban J connectivity index is 2.77. The first kappa shape index (κ1) is 10.2. The highest BCUT2D eigenvalue weighted by atomic mass is 16.3. The van der Waals surface area contributed by atoms with Crippen molar-refractivity contribution in [1.82, 2.24) is 0 Å². The molecule has 0 radical (unpaired) electrons. The highest BCUT2D eigenvalue weighted by Gasteiger charge is 2.07. The van der Waals surface area contributed by atoms with Gasteiger partial charge < -0.3 is 5.11 Å². The van der Waals surface area contributed by atoms with Gasteiger partial charge in [-0.15, -0.1) is 0 Å². The molecule has 0 amide bonds. The van der Waals surface area contributed by atoms with Crippen molar-refractivity contribution in [3.05, 3.63) is 47.5 Å². The zero-order valence-electron chi connectivity index (χ0n) is 9.20. The van der Waals surface area contributed by atoms with Gasteiger partial charge in [-0.3, -0.25) is 0 Å². The van der Waals surface area contributed by atoms with Crippen LogP contribution in [-0.2, 0) is 6.61 Å². The maximum absolute atomic E-state index is 9.27. The van der Waals surface area contributed by atoms with E-state index < -0.39 is 0 Å². The van der Waals surface area contributed by atoms with Crippen molar-refractivity contribution in [1.29, 1.82) is 0 Å². The second-order valence-electron chi connectivity index (χ2n) is 4.17. The summed E-state index contributed by atoms with van der Waals surface area (Å²) in [5.74, 6) is 0.516. The summed E-state index contributed by atoms with van der Waals surface area (Å²) in [5, 5.41) is 11.7. The highest BCUT2D eigenvalue weighted by Crippen LogP contribution is 2.27. The van der Waals surface area contributed by atoms with E-state index in [2.05, 4.69) is 38.1 Å². The standard InChI is InChI=1S/C14H16O/c1-10(2)12-8-7-11(9-15)13-5-3-4-6-14(12)13/h3-8,10,15H,9H2,1-2H3. The minimum Gasteiger partial charge on any atom is -0.392 e. The van der Waals surface area contributed by atoms with Gasteiger partial charge in [0.2, 0.25) is 0 Å². The molecule has 0 saturated carbocycles. The Morgan fingerprint density at radius 2 is 1.67 bits per heavy atom. The lowest BCUT2D eigenvalue weighted by atomic mass is 9.93. The fourth-order valence-electron chi connectivity index (χ4n) is 2.03. The van der Waals surface area contributed by atoms with E-state index >= 15 is 0 Å². The molecule has 1 heteroatoms. The van der Waals surface area contributed by atoms with Crippen molar-refractivity contribution in [3.63, 3.8) is 0 Å². The normalized spacial score (nSPS) is 11.2. The van der Waals surface area contributed by atoms with Gasteiger partial charge in [0, 0.05) is 0 Å². The minimum atomic E-state index is 0.110. The van der Waals surface area contributed by atoms with Crippen molar-refractivity contribution in [3.8, 4) is 0 Å². The molecular weight excluding hydrogens is 184 g/mol. The van der Waals surface area contributed by atoms with Crippen molar-refractivity contribution >= 4 is 10.8 Å². The third-order valence-corrected chi connectivity index (χ3v) is 2.84. The molecule has 0 aliphatic heterocycles. The van der Waals surface area contributed by atoms with Crippen LogP contribution in [-0.4, -0.2) is 5.11 Å². The molecule has 0 bridgehead atoms. The van der Waals surface area contributed by atoms with Gasteiger partial charge in [0.1, 0.15) is 0 Å². The number of hydrogen-bond acceptors (Lipinski definition) is 1. The van der Waals surface area contributed by atoms with Gasteiger partial charge in [0.05, 0.1) is 6.61 Å². The summed E-state index contributed by atoms with van der Waals surface area (Å²) in [6, 6.07) is 12.4. The van der Waals surface area contributed by atoms with E-state index in [1.165, 1.54) is 16.3 Å². The van der Waals surface area contributed by atoms with E-state index in [1.54, 1.807) is 0 Å². The molecule has 0 aliphatic rings. The molecule has 0 unspecified atom stereocenters. The third kappa shape index (κ3) is 1.75. The van der Waals surface area contributed by atoms with Gasteiger partial charge in [-0.05, 0) is 27.8 Å². The number of aliphatic hydroxyl groups excluding tert-OH is 1. The maximum atomic E-state index is 9.27. The van der Waals surface area contributed by atoms with Crippen molar-refractivity contribution in [2.45, 2.75) is 26.4 Å². The highest BCUT2D eigenvalue weighted by molar-refractivity contribution is 5.89. The zero-order chi connectivity index (χ0) is 10.8. The van der Waals surface area contributed by atoms with Gasteiger partial charge in [-0.25, -0.2) is 0 Å². The smallest absolute Gasteiger partial charge is 0.0687 e. The molecule has 0 aliphatic carbocycles. The monoisotopic (exact) mass is 200 g/mol. The summed E-state index contributed by atoms with van der Waals surface area (Å²) in [6.45, 7) is 4.50. The number of fused-ring (bicyclic) bond motifs is 1. The quantitative estimate of drug-likeness (QED) is 0.787. The molecule has 2 aromatic rings.